The van der Waals surface area contributed by atoms with Crippen LogP contribution in [-0.4, -0.2) is 30.1 Å². The van der Waals surface area contributed by atoms with Crippen molar-refractivity contribution in [1.29, 1.82) is 0 Å². The molecule has 0 aliphatic rings. The molecule has 0 aliphatic heterocycles. The van der Waals surface area contributed by atoms with Gasteiger partial charge in [0.15, 0.2) is 5.82 Å². The highest BCUT2D eigenvalue weighted by atomic mass is 16.1. The molecule has 1 N–H and O–H groups in total. The molecule has 4 aromatic rings. The van der Waals surface area contributed by atoms with Crippen LogP contribution in [0.5, 0.6) is 0 Å². The Morgan fingerprint density at radius 2 is 1.74 bits per heavy atom. The molecule has 1 unspecified atom stereocenters. The highest BCUT2D eigenvalue weighted by Gasteiger charge is 2.32. The molecule has 184 valence electrons. The maximum absolute atomic E-state index is 13.2. The van der Waals surface area contributed by atoms with Crippen LogP contribution < -0.4 is 5.56 Å². The van der Waals surface area contributed by atoms with Gasteiger partial charge in [-0.15, -0.1) is 5.10 Å². The van der Waals surface area contributed by atoms with E-state index in [1.807, 2.05) is 35.0 Å². The first-order valence-electron chi connectivity index (χ1n) is 12.4. The van der Waals surface area contributed by atoms with Gasteiger partial charge in [-0.25, -0.2) is 4.68 Å². The van der Waals surface area contributed by atoms with Gasteiger partial charge in [-0.2, -0.15) is 0 Å². The van der Waals surface area contributed by atoms with Crippen LogP contribution in [0.3, 0.4) is 0 Å². The Hall–Kier alpha value is -3.32. The predicted molar refractivity (Wildman–Crippen MR) is 140 cm³/mol. The van der Waals surface area contributed by atoms with Crippen LogP contribution in [0.25, 0.3) is 10.9 Å². The number of benzene rings is 2. The van der Waals surface area contributed by atoms with Gasteiger partial charge in [-0.3, -0.25) is 9.69 Å². The van der Waals surface area contributed by atoms with Gasteiger partial charge in [0.25, 0.3) is 5.56 Å². The average Bonchev–Trinajstić information content (AvgIpc) is 3.30. The Labute approximate surface area is 207 Å². The summed E-state index contributed by atoms with van der Waals surface area (Å²) < 4.78 is 1.91. The highest BCUT2D eigenvalue weighted by molar-refractivity contribution is 5.79. The molecule has 2 aromatic carbocycles. The molecular formula is C28H36N6O. The summed E-state index contributed by atoms with van der Waals surface area (Å²) in [6.45, 7) is 14.0. The van der Waals surface area contributed by atoms with Crippen LogP contribution in [0, 0.1) is 5.92 Å². The second kappa shape index (κ2) is 10.1. The van der Waals surface area contributed by atoms with Crippen LogP contribution in [0.1, 0.15) is 70.1 Å². The largest absolute Gasteiger partial charge is 0.322 e. The number of nitrogens with one attached hydrogen (secondary N) is 1. The van der Waals surface area contributed by atoms with Gasteiger partial charge in [-0.05, 0) is 78.2 Å². The van der Waals surface area contributed by atoms with Gasteiger partial charge in [0.05, 0.1) is 11.6 Å². The molecule has 1 atom stereocenters. The number of rotatable bonds is 8. The Bertz CT molecular complexity index is 1330. The second-order valence-corrected chi connectivity index (χ2v) is 10.6. The van der Waals surface area contributed by atoms with Crippen LogP contribution in [0.4, 0.5) is 0 Å². The number of nitrogens with zero attached hydrogens (tertiary/aromatic N) is 5. The number of hydrogen-bond donors (Lipinski definition) is 1. The van der Waals surface area contributed by atoms with Crippen LogP contribution in [0.15, 0.2) is 59.4 Å². The molecule has 0 saturated heterocycles. The molecule has 0 amide bonds. The van der Waals surface area contributed by atoms with E-state index >= 15 is 0 Å². The van der Waals surface area contributed by atoms with Crippen molar-refractivity contribution in [3.05, 3.63) is 87.5 Å². The zero-order valence-corrected chi connectivity index (χ0v) is 21.6. The van der Waals surface area contributed by atoms with Gasteiger partial charge in [0.1, 0.15) is 0 Å². The summed E-state index contributed by atoms with van der Waals surface area (Å²) in [6.07, 6.45) is 0.954. The molecule has 2 heterocycles. The van der Waals surface area contributed by atoms with Crippen molar-refractivity contribution in [2.45, 2.75) is 72.6 Å². The molecule has 0 saturated carbocycles. The topological polar surface area (TPSA) is 79.7 Å². The molecule has 0 radical (unpaired) electrons. The van der Waals surface area contributed by atoms with E-state index in [2.05, 4.69) is 91.2 Å². The Morgan fingerprint density at radius 1 is 1.00 bits per heavy atom. The fourth-order valence-corrected chi connectivity index (χ4v) is 4.67. The van der Waals surface area contributed by atoms with Gasteiger partial charge in [-0.1, -0.05) is 57.2 Å². The summed E-state index contributed by atoms with van der Waals surface area (Å²) in [6, 6.07) is 18.5. The van der Waals surface area contributed by atoms with Gasteiger partial charge in [0, 0.05) is 24.2 Å². The van der Waals surface area contributed by atoms with Gasteiger partial charge < -0.3 is 4.98 Å². The van der Waals surface area contributed by atoms with Crippen molar-refractivity contribution in [2.24, 2.45) is 5.92 Å². The number of tetrazole rings is 1. The van der Waals surface area contributed by atoms with Crippen molar-refractivity contribution in [2.75, 3.05) is 0 Å². The molecule has 35 heavy (non-hydrogen) atoms. The summed E-state index contributed by atoms with van der Waals surface area (Å²) in [7, 11) is 0. The minimum absolute atomic E-state index is 0.0577. The monoisotopic (exact) mass is 472 g/mol. The molecule has 7 heteroatoms. The van der Waals surface area contributed by atoms with E-state index in [1.54, 1.807) is 0 Å². The van der Waals surface area contributed by atoms with Gasteiger partial charge in [0.2, 0.25) is 0 Å². The van der Waals surface area contributed by atoms with E-state index in [4.69, 9.17) is 0 Å². The number of hydrogen-bond acceptors (Lipinski definition) is 5. The predicted octanol–water partition coefficient (Wildman–Crippen LogP) is 5.23. The van der Waals surface area contributed by atoms with Crippen LogP contribution in [0.2, 0.25) is 0 Å². The lowest BCUT2D eigenvalue weighted by Gasteiger charge is -2.35. The number of fused-ring (bicyclic) bond motifs is 1. The highest BCUT2D eigenvalue weighted by Crippen LogP contribution is 2.32. The average molecular weight is 473 g/mol. The first kappa shape index (κ1) is 24.8. The fourth-order valence-electron chi connectivity index (χ4n) is 4.67. The Balaban J connectivity index is 1.80. The molecule has 2 aromatic heterocycles. The number of aryl methyl sites for hydroxylation is 1. The molecule has 7 nitrogen and oxygen atoms in total. The standard InChI is InChI=1S/C28H36N6O/c1-7-20-13-14-24-22(15-20)16-23(27(35)29-24)18-33(17-21-11-9-8-10-12-21)25(19(2)3)26-30-31-32-34(26)28(4,5)6/h8-16,19,25H,7,17-18H2,1-6H3,(H,29,35). The molecule has 0 aliphatic carbocycles. The summed E-state index contributed by atoms with van der Waals surface area (Å²) in [5.41, 5.74) is 3.71. The Morgan fingerprint density at radius 3 is 2.40 bits per heavy atom. The van der Waals surface area contributed by atoms with Crippen molar-refractivity contribution in [3.63, 3.8) is 0 Å². The maximum Gasteiger partial charge on any atom is 0.252 e. The molecule has 4 rings (SSSR count). The zero-order chi connectivity index (χ0) is 25.2. The quantitative estimate of drug-likeness (QED) is 0.380. The molecular weight excluding hydrogens is 436 g/mol. The normalized spacial score (nSPS) is 13.1. The SMILES string of the molecule is CCc1ccc2[nH]c(=O)c(CN(Cc3ccccc3)C(c3nnnn3C(C)(C)C)C(C)C)cc2c1. The number of aromatic amines is 1. The molecule has 0 bridgehead atoms. The van der Waals surface area contributed by atoms with E-state index in [0.29, 0.717) is 13.1 Å². The van der Waals surface area contributed by atoms with Crippen LogP contribution >= 0.6 is 0 Å². The Kier molecular flexibility index (Phi) is 7.17. The third kappa shape index (κ3) is 5.51. The summed E-state index contributed by atoms with van der Waals surface area (Å²) in [5.74, 6) is 1.03. The molecule has 0 fully saturated rings. The second-order valence-electron chi connectivity index (χ2n) is 10.6. The fraction of sp³-hybridized carbons (Fsp3) is 0.429. The van der Waals surface area contributed by atoms with Crippen molar-refractivity contribution in [1.82, 2.24) is 30.1 Å². The smallest absolute Gasteiger partial charge is 0.252 e. The van der Waals surface area contributed by atoms with E-state index in [1.165, 1.54) is 11.1 Å². The minimum atomic E-state index is -0.263. The summed E-state index contributed by atoms with van der Waals surface area (Å²) in [5, 5.41) is 13.9. The lowest BCUT2D eigenvalue weighted by Crippen LogP contribution is -2.37. The summed E-state index contributed by atoms with van der Waals surface area (Å²) in [4.78, 5) is 18.6. The first-order chi connectivity index (χ1) is 16.7. The lowest BCUT2D eigenvalue weighted by molar-refractivity contribution is 0.120. The third-order valence-corrected chi connectivity index (χ3v) is 6.41. The van der Waals surface area contributed by atoms with Crippen molar-refractivity contribution >= 4 is 10.9 Å². The summed E-state index contributed by atoms with van der Waals surface area (Å²) >= 11 is 0. The van der Waals surface area contributed by atoms with E-state index < -0.39 is 0 Å². The van der Waals surface area contributed by atoms with E-state index in [-0.39, 0.29) is 23.1 Å². The number of aromatic nitrogens is 5. The third-order valence-electron chi connectivity index (χ3n) is 6.41. The molecule has 0 spiro atoms. The van der Waals surface area contributed by atoms with E-state index in [9.17, 15) is 4.79 Å². The van der Waals surface area contributed by atoms with Gasteiger partial charge >= 0.3 is 0 Å². The van der Waals surface area contributed by atoms with Crippen molar-refractivity contribution < 1.29 is 0 Å². The first-order valence-corrected chi connectivity index (χ1v) is 12.4. The minimum Gasteiger partial charge on any atom is -0.322 e. The number of H-pyrrole nitrogens is 1. The maximum atomic E-state index is 13.2. The van der Waals surface area contributed by atoms with E-state index in [0.717, 1.165) is 28.7 Å². The van der Waals surface area contributed by atoms with Crippen LogP contribution in [-0.2, 0) is 25.0 Å². The number of pyridine rings is 1. The lowest BCUT2D eigenvalue weighted by atomic mass is 9.98. The van der Waals surface area contributed by atoms with Crippen molar-refractivity contribution in [3.8, 4) is 0 Å². The zero-order valence-electron chi connectivity index (χ0n) is 21.6.